The average Bonchev–Trinajstić information content (AvgIpc) is 3.51. The number of aliphatic carboxylic acids is 1. The fraction of sp³-hybridized carbons (Fsp3) is 0.297. The number of amides is 3. The van der Waals surface area contributed by atoms with Crippen LogP contribution in [0.3, 0.4) is 0 Å². The van der Waals surface area contributed by atoms with Gasteiger partial charge in [-0.3, -0.25) is 4.79 Å². The zero-order valence-corrected chi connectivity index (χ0v) is 26.3. The maximum atomic E-state index is 13.9. The number of hydrogen-bond donors (Lipinski definition) is 4. The molecule has 1 aromatic heterocycles. The Morgan fingerprint density at radius 3 is 2.56 bits per heavy atom. The van der Waals surface area contributed by atoms with Crippen LogP contribution in [0.4, 0.5) is 4.79 Å². The molecule has 2 heterocycles. The number of hydrogen-bond acceptors (Lipinski definition) is 7. The largest absolute Gasteiger partial charge is 0.497 e. The minimum atomic E-state index is -1.47. The zero-order chi connectivity index (χ0) is 33.6. The van der Waals surface area contributed by atoms with Crippen molar-refractivity contribution in [2.24, 2.45) is 5.92 Å². The van der Waals surface area contributed by atoms with E-state index in [9.17, 15) is 24.6 Å². The third kappa shape index (κ3) is 5.60. The number of aromatic nitrogens is 1. The summed E-state index contributed by atoms with van der Waals surface area (Å²) in [4.78, 5) is 46.2. The molecule has 2 aliphatic carbocycles. The van der Waals surface area contributed by atoms with E-state index in [0.717, 1.165) is 22.1 Å². The summed E-state index contributed by atoms with van der Waals surface area (Å²) in [5.41, 5.74) is 2.49. The van der Waals surface area contributed by atoms with Crippen molar-refractivity contribution in [3.8, 4) is 22.8 Å². The number of fused-ring (bicyclic) bond motifs is 2. The molecule has 6 atom stereocenters. The Labute approximate surface area is 277 Å². The maximum absolute atomic E-state index is 13.9. The lowest BCUT2D eigenvalue weighted by Crippen LogP contribution is -2.55. The van der Waals surface area contributed by atoms with Crippen molar-refractivity contribution in [1.82, 2.24) is 20.5 Å². The number of carboxylic acid groups (broad SMARTS) is 1. The van der Waals surface area contributed by atoms with E-state index in [1.807, 2.05) is 78.9 Å². The van der Waals surface area contributed by atoms with Crippen molar-refractivity contribution in [2.75, 3.05) is 13.7 Å². The number of aliphatic hydroxyl groups excluding tert-OH is 1. The van der Waals surface area contributed by atoms with Crippen molar-refractivity contribution in [3.05, 3.63) is 103 Å². The predicted molar refractivity (Wildman–Crippen MR) is 177 cm³/mol. The smallest absolute Gasteiger partial charge is 0.330 e. The number of urea groups is 1. The number of carboxylic acids is 1. The van der Waals surface area contributed by atoms with E-state index in [1.165, 1.54) is 11.0 Å². The highest BCUT2D eigenvalue weighted by molar-refractivity contribution is 5.95. The Morgan fingerprint density at radius 2 is 1.83 bits per heavy atom. The number of pyridine rings is 1. The Morgan fingerprint density at radius 1 is 1.06 bits per heavy atom. The van der Waals surface area contributed by atoms with Crippen molar-refractivity contribution in [1.29, 1.82) is 0 Å². The second-order valence-electron chi connectivity index (χ2n) is 12.6. The molecule has 1 saturated heterocycles. The Bertz CT molecular complexity index is 1920. The van der Waals surface area contributed by atoms with Gasteiger partial charge < -0.3 is 35.2 Å². The topological polar surface area (TPSA) is 150 Å². The second-order valence-corrected chi connectivity index (χ2v) is 12.6. The van der Waals surface area contributed by atoms with Gasteiger partial charge in [0.25, 0.3) is 0 Å². The van der Waals surface area contributed by atoms with Crippen LogP contribution in [0.2, 0.25) is 0 Å². The maximum Gasteiger partial charge on any atom is 0.330 e. The third-order valence-corrected chi connectivity index (χ3v) is 9.68. The first-order chi connectivity index (χ1) is 23.2. The van der Waals surface area contributed by atoms with E-state index in [4.69, 9.17) is 14.5 Å². The monoisotopic (exact) mass is 648 g/mol. The van der Waals surface area contributed by atoms with Gasteiger partial charge in [0.15, 0.2) is 0 Å². The van der Waals surface area contributed by atoms with Crippen LogP contribution in [0, 0.1) is 5.92 Å². The third-order valence-electron chi connectivity index (χ3n) is 9.68. The molecule has 48 heavy (non-hydrogen) atoms. The molecule has 3 aromatic carbocycles. The molecule has 0 bridgehead atoms. The van der Waals surface area contributed by atoms with Crippen LogP contribution in [0.25, 0.3) is 22.2 Å². The van der Waals surface area contributed by atoms with E-state index in [-0.39, 0.29) is 19.4 Å². The summed E-state index contributed by atoms with van der Waals surface area (Å²) in [6, 6.07) is 22.2. The predicted octanol–water partition coefficient (Wildman–Crippen LogP) is 4.25. The Balaban J connectivity index is 1.20. The number of benzene rings is 3. The van der Waals surface area contributed by atoms with Gasteiger partial charge in [-0.05, 0) is 29.7 Å². The van der Waals surface area contributed by atoms with Gasteiger partial charge in [-0.25, -0.2) is 14.6 Å². The minimum Gasteiger partial charge on any atom is -0.497 e. The molecule has 4 aromatic rings. The van der Waals surface area contributed by atoms with E-state index in [0.29, 0.717) is 29.1 Å². The summed E-state index contributed by atoms with van der Waals surface area (Å²) in [7, 11) is 1.58. The van der Waals surface area contributed by atoms with Crippen molar-refractivity contribution < 1.29 is 34.1 Å². The second kappa shape index (κ2) is 12.3. The van der Waals surface area contributed by atoms with Crippen molar-refractivity contribution >= 4 is 28.8 Å². The number of nitrogens with zero attached hydrogens (tertiary/aromatic N) is 2. The minimum absolute atomic E-state index is 0.0416. The van der Waals surface area contributed by atoms with E-state index < -0.39 is 53.7 Å². The highest BCUT2D eigenvalue weighted by Gasteiger charge is 2.61. The van der Waals surface area contributed by atoms with Crippen LogP contribution < -0.4 is 20.1 Å². The number of aliphatic hydroxyl groups is 1. The summed E-state index contributed by atoms with van der Waals surface area (Å²) >= 11 is 0. The molecule has 3 aliphatic rings. The normalized spacial score (nSPS) is 25.6. The van der Waals surface area contributed by atoms with Gasteiger partial charge in [0.1, 0.15) is 29.2 Å². The number of likely N-dealkylation sites (tertiary alicyclic amines) is 1. The number of nitrogens with one attached hydrogen (secondary N) is 2. The highest BCUT2D eigenvalue weighted by Crippen LogP contribution is 2.45. The van der Waals surface area contributed by atoms with Gasteiger partial charge in [-0.1, -0.05) is 60.7 Å². The molecular formula is C37H36N4O7. The van der Waals surface area contributed by atoms with Crippen LogP contribution in [0.1, 0.15) is 30.0 Å². The first-order valence-corrected chi connectivity index (χ1v) is 15.9. The number of carbonyl (C=O) groups excluding carboxylic acids is 2. The molecule has 246 valence electrons. The van der Waals surface area contributed by atoms with Crippen LogP contribution in [0.15, 0.2) is 91.5 Å². The van der Waals surface area contributed by atoms with Crippen LogP contribution in [0.5, 0.6) is 11.5 Å². The lowest BCUT2D eigenvalue weighted by Gasteiger charge is -2.28. The van der Waals surface area contributed by atoms with Crippen LogP contribution >= 0.6 is 0 Å². The van der Waals surface area contributed by atoms with Gasteiger partial charge >= 0.3 is 12.0 Å². The summed E-state index contributed by atoms with van der Waals surface area (Å²) in [6.45, 7) is 3.75. The molecule has 0 radical (unpaired) electrons. The van der Waals surface area contributed by atoms with Crippen LogP contribution in [-0.4, -0.2) is 75.4 Å². The van der Waals surface area contributed by atoms with E-state index in [1.54, 1.807) is 7.11 Å². The molecule has 1 aliphatic heterocycles. The first kappa shape index (κ1) is 31.2. The number of rotatable bonds is 9. The average molecular weight is 649 g/mol. The molecule has 4 N–H and O–H groups in total. The SMILES string of the molecule is C=CC1CC1(NC(=O)[C@@H]1C[C@@H](Oc2cc(-c3ccccc3)nc3cc(OC)ccc23)CN1C(=O)N[C@H]1c2ccccc2C[C@H]1O)C(=O)O. The molecule has 11 heteroatoms. The first-order valence-electron chi connectivity index (χ1n) is 15.9. The fourth-order valence-electron chi connectivity index (χ4n) is 6.98. The Hall–Kier alpha value is -5.42. The molecule has 7 rings (SSSR count). The molecule has 3 amide bonds. The van der Waals surface area contributed by atoms with Crippen molar-refractivity contribution in [3.63, 3.8) is 0 Å². The molecule has 2 fully saturated rings. The van der Waals surface area contributed by atoms with Gasteiger partial charge in [0.05, 0.1) is 37.0 Å². The number of ether oxygens (including phenoxy) is 2. The number of carbonyl (C=O) groups is 3. The lowest BCUT2D eigenvalue weighted by atomic mass is 10.1. The van der Waals surface area contributed by atoms with Gasteiger partial charge in [0, 0.05) is 41.8 Å². The molecule has 2 unspecified atom stereocenters. The number of methoxy groups -OCH3 is 1. The highest BCUT2D eigenvalue weighted by atomic mass is 16.5. The summed E-state index contributed by atoms with van der Waals surface area (Å²) in [6.07, 6.45) is 0.782. The van der Waals surface area contributed by atoms with Crippen molar-refractivity contribution in [2.45, 2.75) is 49.1 Å². The van der Waals surface area contributed by atoms with Gasteiger partial charge in [-0.2, -0.15) is 0 Å². The molecule has 0 spiro atoms. The van der Waals surface area contributed by atoms with E-state index in [2.05, 4.69) is 17.2 Å². The van der Waals surface area contributed by atoms with Crippen LogP contribution in [-0.2, 0) is 16.0 Å². The fourth-order valence-corrected chi connectivity index (χ4v) is 6.98. The molecule has 1 saturated carbocycles. The zero-order valence-electron chi connectivity index (χ0n) is 26.3. The quantitative estimate of drug-likeness (QED) is 0.197. The van der Waals surface area contributed by atoms with E-state index >= 15 is 0 Å². The summed E-state index contributed by atoms with van der Waals surface area (Å²) in [5.74, 6) is -1.02. The van der Waals surface area contributed by atoms with Gasteiger partial charge in [0.2, 0.25) is 5.91 Å². The summed E-state index contributed by atoms with van der Waals surface area (Å²) < 4.78 is 12.0. The molecule has 11 nitrogen and oxygen atoms in total. The van der Waals surface area contributed by atoms with Gasteiger partial charge in [-0.15, -0.1) is 6.58 Å². The standard InChI is InChI=1S/C37H36N4O7/c1-3-23-19-37(23,35(44)45)40-34(43)30-17-25(20-41(30)36(46)39-33-26-12-8-7-11-22(26)15-31(33)42)48-32-18-28(21-9-5-4-6-10-21)38-29-16-24(47-2)13-14-27(29)32/h3-14,16,18,23,25,30-31,33,42H,1,15,17,19-20H2,2H3,(H,39,46)(H,40,43)(H,44,45)/t23?,25-,30+,31-,33+,37?/m1/s1. The molecular weight excluding hydrogens is 612 g/mol. The summed E-state index contributed by atoms with van der Waals surface area (Å²) in [5, 5.41) is 27.2. The lowest BCUT2D eigenvalue weighted by molar-refractivity contribution is -0.144. The Kier molecular flexibility index (Phi) is 8.00.